The summed E-state index contributed by atoms with van der Waals surface area (Å²) in [5.74, 6) is -3.21. The Kier molecular flexibility index (Phi) is 6.32. The molecule has 11 nitrogen and oxygen atoms in total. The molecule has 0 saturated carbocycles. The molecule has 0 spiro atoms. The van der Waals surface area contributed by atoms with E-state index in [9.17, 15) is 34.8 Å². The third-order valence-corrected chi connectivity index (χ3v) is 7.90. The molecule has 0 aromatic heterocycles. The van der Waals surface area contributed by atoms with Crippen molar-refractivity contribution >= 4 is 17.3 Å². The molecule has 1 heterocycles. The van der Waals surface area contributed by atoms with Crippen LogP contribution in [0.3, 0.4) is 0 Å². The van der Waals surface area contributed by atoms with Gasteiger partial charge >= 0.3 is 0 Å². The number of ether oxygens (including phenoxy) is 3. The highest BCUT2D eigenvalue weighted by Crippen LogP contribution is 2.52. The van der Waals surface area contributed by atoms with Crippen molar-refractivity contribution in [1.82, 2.24) is 0 Å². The standard InChI is InChI=1S/C27H29NO10/c1-10-22(30)21(28)16(9-37-10)38-15-8-27(35,11(2)29)7-13-18(15)26(34)20-19(24(13)32)23(31)12-5-4-6-14(36-3)17(12)25(20)33/h4-6,10,15-16,21-22,30,32,34-35H,7-9,28H2,1-3H3/t10-,15-,16+,21-,22+,27-/m0/s1. The highest BCUT2D eigenvalue weighted by Gasteiger charge is 2.49. The minimum Gasteiger partial charge on any atom is -0.507 e. The number of methoxy groups -OCH3 is 1. The molecule has 0 bridgehead atoms. The van der Waals surface area contributed by atoms with Crippen molar-refractivity contribution in [1.29, 1.82) is 0 Å². The summed E-state index contributed by atoms with van der Waals surface area (Å²) in [4.78, 5) is 39.6. The predicted molar refractivity (Wildman–Crippen MR) is 131 cm³/mol. The summed E-state index contributed by atoms with van der Waals surface area (Å²) >= 11 is 0. The van der Waals surface area contributed by atoms with E-state index in [1.807, 2.05) is 0 Å². The first-order valence-corrected chi connectivity index (χ1v) is 12.2. The highest BCUT2D eigenvalue weighted by atomic mass is 16.6. The monoisotopic (exact) mass is 527 g/mol. The van der Waals surface area contributed by atoms with Crippen molar-refractivity contribution in [2.24, 2.45) is 5.73 Å². The molecule has 38 heavy (non-hydrogen) atoms. The van der Waals surface area contributed by atoms with Crippen molar-refractivity contribution in [3.63, 3.8) is 0 Å². The van der Waals surface area contributed by atoms with Crippen LogP contribution in [0.2, 0.25) is 0 Å². The van der Waals surface area contributed by atoms with E-state index < -0.39 is 82.5 Å². The van der Waals surface area contributed by atoms with Gasteiger partial charge in [-0.15, -0.1) is 0 Å². The van der Waals surface area contributed by atoms with Crippen LogP contribution in [0, 0.1) is 0 Å². The molecule has 5 rings (SSSR count). The lowest BCUT2D eigenvalue weighted by Crippen LogP contribution is -2.58. The van der Waals surface area contributed by atoms with Gasteiger partial charge in [-0.05, 0) is 19.9 Å². The Labute approximate surface area is 217 Å². The smallest absolute Gasteiger partial charge is 0.202 e. The zero-order valence-corrected chi connectivity index (χ0v) is 21.1. The second-order valence-corrected chi connectivity index (χ2v) is 10.1. The van der Waals surface area contributed by atoms with Gasteiger partial charge in [-0.3, -0.25) is 14.4 Å². The second kappa shape index (κ2) is 9.14. The van der Waals surface area contributed by atoms with Gasteiger partial charge in [-0.1, -0.05) is 12.1 Å². The van der Waals surface area contributed by atoms with Crippen molar-refractivity contribution in [2.45, 2.75) is 62.7 Å². The van der Waals surface area contributed by atoms with Crippen LogP contribution in [-0.2, 0) is 20.7 Å². The molecule has 3 aliphatic rings. The predicted octanol–water partition coefficient (Wildman–Crippen LogP) is 0.681. The summed E-state index contributed by atoms with van der Waals surface area (Å²) in [6.45, 7) is 2.80. The molecule has 0 amide bonds. The number of aliphatic hydroxyl groups excluding tert-OH is 1. The number of nitrogens with two attached hydrogens (primary N) is 1. The summed E-state index contributed by atoms with van der Waals surface area (Å²) in [6, 6.07) is 3.53. The van der Waals surface area contributed by atoms with E-state index in [1.165, 1.54) is 32.2 Å². The van der Waals surface area contributed by atoms with Crippen LogP contribution in [0.25, 0.3) is 0 Å². The van der Waals surface area contributed by atoms with Crippen LogP contribution in [0.5, 0.6) is 17.2 Å². The largest absolute Gasteiger partial charge is 0.507 e. The molecule has 1 saturated heterocycles. The van der Waals surface area contributed by atoms with Crippen molar-refractivity contribution in [3.8, 4) is 17.2 Å². The number of ketones is 3. The number of carbonyl (C=O) groups excluding carboxylic acids is 3. The van der Waals surface area contributed by atoms with Crippen LogP contribution >= 0.6 is 0 Å². The maximum absolute atomic E-state index is 13.6. The first kappa shape index (κ1) is 26.3. The fraction of sp³-hybridized carbons (Fsp3) is 0.444. The van der Waals surface area contributed by atoms with Gasteiger partial charge in [-0.25, -0.2) is 0 Å². The molecule has 11 heteroatoms. The van der Waals surface area contributed by atoms with Gasteiger partial charge in [0.25, 0.3) is 0 Å². The van der Waals surface area contributed by atoms with Gasteiger partial charge in [0.15, 0.2) is 11.6 Å². The number of carbonyl (C=O) groups is 3. The van der Waals surface area contributed by atoms with Crippen LogP contribution in [0.15, 0.2) is 18.2 Å². The number of phenolic OH excluding ortho intramolecular Hbond substituents is 2. The van der Waals surface area contributed by atoms with Gasteiger partial charge in [0.05, 0.1) is 60.9 Å². The first-order chi connectivity index (χ1) is 17.9. The number of aliphatic hydroxyl groups is 2. The molecule has 1 fully saturated rings. The lowest BCUT2D eigenvalue weighted by molar-refractivity contribution is -0.175. The van der Waals surface area contributed by atoms with E-state index in [1.54, 1.807) is 6.92 Å². The molecule has 0 radical (unpaired) electrons. The minimum absolute atomic E-state index is 0.0182. The van der Waals surface area contributed by atoms with Crippen LogP contribution in [0.1, 0.15) is 69.3 Å². The van der Waals surface area contributed by atoms with Gasteiger partial charge in [0.2, 0.25) is 5.78 Å². The van der Waals surface area contributed by atoms with E-state index >= 15 is 0 Å². The van der Waals surface area contributed by atoms with Gasteiger partial charge in [0.1, 0.15) is 22.8 Å². The van der Waals surface area contributed by atoms with Crippen molar-refractivity contribution in [2.75, 3.05) is 13.7 Å². The lowest BCUT2D eigenvalue weighted by atomic mass is 9.72. The maximum Gasteiger partial charge on any atom is 0.202 e. The number of Topliss-reactive ketones (excluding diaryl/α,β-unsaturated/α-hetero) is 1. The zero-order chi connectivity index (χ0) is 27.7. The zero-order valence-electron chi connectivity index (χ0n) is 21.1. The molecular formula is C27H29NO10. The van der Waals surface area contributed by atoms with Gasteiger partial charge in [0, 0.05) is 29.5 Å². The summed E-state index contributed by atoms with van der Waals surface area (Å²) in [6.07, 6.45) is -4.55. The molecule has 2 aromatic carbocycles. The average Bonchev–Trinajstić information content (AvgIpc) is 2.88. The SMILES string of the molecule is COc1cccc2c1C(=O)c1c(O)c3c(c(O)c1C2=O)C[C@@](O)(C(C)=O)C[C@@H]3O[C@@H]1CO[C@@H](C)[C@@H](O)[C@H]1N. The fourth-order valence-electron chi connectivity index (χ4n) is 5.63. The minimum atomic E-state index is -2.01. The van der Waals surface area contributed by atoms with Crippen LogP contribution < -0.4 is 10.5 Å². The Balaban J connectivity index is 1.70. The van der Waals surface area contributed by atoms with Crippen molar-refractivity contribution < 1.29 is 49.0 Å². The first-order valence-electron chi connectivity index (χ1n) is 12.2. The van der Waals surface area contributed by atoms with Crippen LogP contribution in [-0.4, -0.2) is 81.4 Å². The van der Waals surface area contributed by atoms with E-state index in [0.717, 1.165) is 0 Å². The molecule has 6 atom stereocenters. The fourth-order valence-corrected chi connectivity index (χ4v) is 5.63. The lowest BCUT2D eigenvalue weighted by Gasteiger charge is -2.42. The summed E-state index contributed by atoms with van der Waals surface area (Å²) in [7, 11) is 1.34. The topological polar surface area (TPSA) is 186 Å². The summed E-state index contributed by atoms with van der Waals surface area (Å²) < 4.78 is 16.9. The molecule has 0 unspecified atom stereocenters. The highest BCUT2D eigenvalue weighted by molar-refractivity contribution is 6.31. The van der Waals surface area contributed by atoms with E-state index in [4.69, 9.17) is 19.9 Å². The van der Waals surface area contributed by atoms with Crippen molar-refractivity contribution in [3.05, 3.63) is 51.6 Å². The number of hydrogen-bond acceptors (Lipinski definition) is 11. The molecule has 2 aliphatic carbocycles. The summed E-state index contributed by atoms with van der Waals surface area (Å²) in [5, 5.41) is 44.4. The van der Waals surface area contributed by atoms with Crippen LogP contribution in [0.4, 0.5) is 0 Å². The number of aromatic hydroxyl groups is 2. The molecule has 202 valence electrons. The maximum atomic E-state index is 13.6. The molecule has 2 aromatic rings. The normalized spacial score (nSPS) is 30.3. The van der Waals surface area contributed by atoms with Gasteiger partial charge in [-0.2, -0.15) is 0 Å². The second-order valence-electron chi connectivity index (χ2n) is 10.1. The number of fused-ring (bicyclic) bond motifs is 3. The number of benzene rings is 2. The third-order valence-electron chi connectivity index (χ3n) is 7.90. The van der Waals surface area contributed by atoms with E-state index in [2.05, 4.69) is 0 Å². The average molecular weight is 528 g/mol. The Morgan fingerprint density at radius 2 is 1.82 bits per heavy atom. The molecule has 1 aliphatic heterocycles. The third kappa shape index (κ3) is 3.73. The summed E-state index contributed by atoms with van der Waals surface area (Å²) in [5.41, 5.74) is 3.08. The quantitative estimate of drug-likeness (QED) is 0.300. The van der Waals surface area contributed by atoms with E-state index in [0.29, 0.717) is 0 Å². The van der Waals surface area contributed by atoms with E-state index in [-0.39, 0.29) is 41.0 Å². The number of phenols is 2. The Hall–Kier alpha value is -3.35. The number of rotatable bonds is 4. The Bertz CT molecular complexity index is 1370. The Morgan fingerprint density at radius 3 is 2.47 bits per heavy atom. The number of hydrogen-bond donors (Lipinski definition) is 5. The molecule has 6 N–H and O–H groups in total. The molecular weight excluding hydrogens is 498 g/mol. The Morgan fingerprint density at radius 1 is 1.13 bits per heavy atom. The van der Waals surface area contributed by atoms with Gasteiger partial charge < -0.3 is 40.4 Å².